The maximum Gasteiger partial charge on any atom is 0.260 e. The van der Waals surface area contributed by atoms with Gasteiger partial charge in [-0.1, -0.05) is 29.8 Å². The normalized spacial score (nSPS) is 24.0. The van der Waals surface area contributed by atoms with Crippen molar-refractivity contribution in [1.82, 2.24) is 9.80 Å². The van der Waals surface area contributed by atoms with Crippen LogP contribution in [0.25, 0.3) is 0 Å². The van der Waals surface area contributed by atoms with Crippen molar-refractivity contribution < 1.29 is 14.0 Å². The van der Waals surface area contributed by atoms with Crippen LogP contribution in [0.2, 0.25) is 0 Å². The molecule has 0 radical (unpaired) electrons. The molecule has 0 N–H and O–H groups in total. The Morgan fingerprint density at radius 1 is 1.12 bits per heavy atom. The highest BCUT2D eigenvalue weighted by molar-refractivity contribution is 5.89. The zero-order chi connectivity index (χ0) is 17.7. The van der Waals surface area contributed by atoms with Crippen molar-refractivity contribution >= 4 is 11.8 Å². The highest BCUT2D eigenvalue weighted by atomic mass is 19.1. The standard InChI is InChI=1S/C20H25FN2O2/c1-15-3-2-4-16(13-15)14-23-12-9-19(17(23)24)7-10-22(11-8-19)18(25)20(21)5-6-20/h2-4,13H,5-12,14H2,1H3. The lowest BCUT2D eigenvalue weighted by Gasteiger charge is -2.38. The molecule has 1 saturated carbocycles. The van der Waals surface area contributed by atoms with Crippen molar-refractivity contribution in [3.63, 3.8) is 0 Å². The van der Waals surface area contributed by atoms with Gasteiger partial charge in [-0.25, -0.2) is 4.39 Å². The summed E-state index contributed by atoms with van der Waals surface area (Å²) in [6.45, 7) is 4.50. The molecule has 2 heterocycles. The molecule has 134 valence electrons. The largest absolute Gasteiger partial charge is 0.340 e. The van der Waals surface area contributed by atoms with Crippen LogP contribution in [-0.2, 0) is 16.1 Å². The SMILES string of the molecule is Cc1cccc(CN2CCC3(CCN(C(=O)C4(F)CC4)CC3)C2=O)c1. The summed E-state index contributed by atoms with van der Waals surface area (Å²) in [4.78, 5) is 28.7. The van der Waals surface area contributed by atoms with Crippen LogP contribution in [0.3, 0.4) is 0 Å². The molecule has 25 heavy (non-hydrogen) atoms. The monoisotopic (exact) mass is 344 g/mol. The molecule has 2 amide bonds. The van der Waals surface area contributed by atoms with Crippen molar-refractivity contribution in [1.29, 1.82) is 0 Å². The van der Waals surface area contributed by atoms with E-state index in [2.05, 4.69) is 25.1 Å². The molecule has 3 aliphatic rings. The van der Waals surface area contributed by atoms with Crippen LogP contribution >= 0.6 is 0 Å². The van der Waals surface area contributed by atoms with Crippen LogP contribution in [0, 0.1) is 12.3 Å². The van der Waals surface area contributed by atoms with Gasteiger partial charge in [0.05, 0.1) is 5.41 Å². The van der Waals surface area contributed by atoms with Gasteiger partial charge in [-0.05, 0) is 44.6 Å². The Morgan fingerprint density at radius 3 is 2.44 bits per heavy atom. The highest BCUT2D eigenvalue weighted by Crippen LogP contribution is 2.45. The summed E-state index contributed by atoms with van der Waals surface area (Å²) < 4.78 is 14.0. The van der Waals surface area contributed by atoms with Gasteiger partial charge >= 0.3 is 0 Å². The zero-order valence-corrected chi connectivity index (χ0v) is 14.8. The lowest BCUT2D eigenvalue weighted by Crippen LogP contribution is -2.49. The molecular weight excluding hydrogens is 319 g/mol. The second-order valence-electron chi connectivity index (χ2n) is 8.00. The third kappa shape index (κ3) is 2.94. The number of rotatable bonds is 3. The van der Waals surface area contributed by atoms with Crippen molar-refractivity contribution in [2.24, 2.45) is 5.41 Å². The van der Waals surface area contributed by atoms with Gasteiger partial charge in [-0.3, -0.25) is 9.59 Å². The molecule has 2 saturated heterocycles. The van der Waals surface area contributed by atoms with Crippen molar-refractivity contribution in [3.8, 4) is 0 Å². The number of aryl methyl sites for hydroxylation is 1. The number of amides is 2. The van der Waals surface area contributed by atoms with E-state index in [4.69, 9.17) is 0 Å². The molecule has 1 aromatic carbocycles. The Balaban J connectivity index is 1.39. The first-order valence-corrected chi connectivity index (χ1v) is 9.25. The molecule has 1 aliphatic carbocycles. The molecule has 0 aromatic heterocycles. The number of hydrogen-bond donors (Lipinski definition) is 0. The molecule has 5 heteroatoms. The number of alkyl halides is 1. The van der Waals surface area contributed by atoms with Crippen LogP contribution in [0.1, 0.15) is 43.2 Å². The summed E-state index contributed by atoms with van der Waals surface area (Å²) in [5.74, 6) is -0.146. The Bertz CT molecular complexity index is 705. The van der Waals surface area contributed by atoms with Crippen LogP contribution in [-0.4, -0.2) is 46.9 Å². The van der Waals surface area contributed by atoms with Gasteiger partial charge in [0.15, 0.2) is 5.67 Å². The van der Waals surface area contributed by atoms with E-state index < -0.39 is 5.67 Å². The third-order valence-electron chi connectivity index (χ3n) is 6.14. The maximum atomic E-state index is 14.0. The Labute approximate surface area is 148 Å². The minimum Gasteiger partial charge on any atom is -0.340 e. The topological polar surface area (TPSA) is 40.6 Å². The van der Waals surface area contributed by atoms with E-state index in [1.807, 2.05) is 11.0 Å². The lowest BCUT2D eigenvalue weighted by atomic mass is 9.77. The van der Waals surface area contributed by atoms with Crippen molar-refractivity contribution in [2.45, 2.75) is 51.2 Å². The summed E-state index contributed by atoms with van der Waals surface area (Å²) in [6, 6.07) is 8.26. The van der Waals surface area contributed by atoms with Gasteiger partial charge in [-0.2, -0.15) is 0 Å². The van der Waals surface area contributed by atoms with Gasteiger partial charge in [0.25, 0.3) is 5.91 Å². The zero-order valence-electron chi connectivity index (χ0n) is 14.8. The first-order chi connectivity index (χ1) is 11.9. The number of benzene rings is 1. The van der Waals surface area contributed by atoms with Crippen molar-refractivity contribution in [3.05, 3.63) is 35.4 Å². The predicted octanol–water partition coefficient (Wildman–Crippen LogP) is 2.84. The number of hydrogen-bond acceptors (Lipinski definition) is 2. The molecule has 4 nitrogen and oxygen atoms in total. The molecule has 0 bridgehead atoms. The summed E-state index contributed by atoms with van der Waals surface area (Å²) in [7, 11) is 0. The lowest BCUT2D eigenvalue weighted by molar-refractivity contribution is -0.146. The number of halogens is 1. The first-order valence-electron chi connectivity index (χ1n) is 9.25. The minimum atomic E-state index is -1.60. The van der Waals surface area contributed by atoms with E-state index in [1.54, 1.807) is 4.90 Å². The van der Waals surface area contributed by atoms with E-state index in [0.717, 1.165) is 18.5 Å². The minimum absolute atomic E-state index is 0.211. The van der Waals surface area contributed by atoms with Crippen molar-refractivity contribution in [2.75, 3.05) is 19.6 Å². The summed E-state index contributed by atoms with van der Waals surface area (Å²) in [5.41, 5.74) is 0.423. The summed E-state index contributed by atoms with van der Waals surface area (Å²) in [5, 5.41) is 0. The average Bonchev–Trinajstić information content (AvgIpc) is 3.30. The quantitative estimate of drug-likeness (QED) is 0.846. The first kappa shape index (κ1) is 16.6. The molecular formula is C20H25FN2O2. The van der Waals surface area contributed by atoms with Crippen LogP contribution in [0.5, 0.6) is 0 Å². The fourth-order valence-corrected chi connectivity index (χ4v) is 4.28. The van der Waals surface area contributed by atoms with Gasteiger partial charge in [0.2, 0.25) is 5.91 Å². The predicted molar refractivity (Wildman–Crippen MR) is 92.5 cm³/mol. The van der Waals surface area contributed by atoms with Crippen LogP contribution in [0.4, 0.5) is 4.39 Å². The molecule has 1 aromatic rings. The smallest absolute Gasteiger partial charge is 0.260 e. The number of carbonyl (C=O) groups excluding carboxylic acids is 2. The third-order valence-corrected chi connectivity index (χ3v) is 6.14. The van der Waals surface area contributed by atoms with E-state index in [1.165, 1.54) is 5.56 Å². The molecule has 0 atom stereocenters. The fourth-order valence-electron chi connectivity index (χ4n) is 4.28. The fraction of sp³-hybridized carbons (Fsp3) is 0.600. The molecule has 3 fully saturated rings. The number of likely N-dealkylation sites (tertiary alicyclic amines) is 2. The van der Waals surface area contributed by atoms with Gasteiger partial charge in [-0.15, -0.1) is 0 Å². The van der Waals surface area contributed by atoms with E-state index in [-0.39, 0.29) is 17.2 Å². The van der Waals surface area contributed by atoms with Gasteiger partial charge < -0.3 is 9.80 Å². The summed E-state index contributed by atoms with van der Waals surface area (Å²) in [6.07, 6.45) is 2.89. The van der Waals surface area contributed by atoms with Gasteiger partial charge in [0, 0.05) is 26.2 Å². The number of piperidine rings is 1. The molecule has 4 rings (SSSR count). The molecule has 0 unspecified atom stereocenters. The molecule has 1 spiro atoms. The Kier molecular flexibility index (Phi) is 3.85. The number of carbonyl (C=O) groups is 2. The van der Waals surface area contributed by atoms with Crippen LogP contribution in [0.15, 0.2) is 24.3 Å². The average molecular weight is 344 g/mol. The number of nitrogens with zero attached hydrogens (tertiary/aromatic N) is 2. The molecule has 2 aliphatic heterocycles. The van der Waals surface area contributed by atoms with Gasteiger partial charge in [0.1, 0.15) is 0 Å². The Morgan fingerprint density at radius 2 is 1.80 bits per heavy atom. The van der Waals surface area contributed by atoms with E-state index in [0.29, 0.717) is 45.3 Å². The second-order valence-corrected chi connectivity index (χ2v) is 8.00. The van der Waals surface area contributed by atoms with Crippen LogP contribution < -0.4 is 0 Å². The second kappa shape index (κ2) is 5.82. The van der Waals surface area contributed by atoms with E-state index >= 15 is 0 Å². The summed E-state index contributed by atoms with van der Waals surface area (Å²) >= 11 is 0. The highest BCUT2D eigenvalue weighted by Gasteiger charge is 2.55. The maximum absolute atomic E-state index is 14.0. The Hall–Kier alpha value is -1.91. The van der Waals surface area contributed by atoms with E-state index in [9.17, 15) is 14.0 Å².